The van der Waals surface area contributed by atoms with Crippen molar-refractivity contribution in [1.29, 1.82) is 0 Å². The average molecular weight is 366 g/mol. The zero-order valence-electron chi connectivity index (χ0n) is 8.59. The summed E-state index contributed by atoms with van der Waals surface area (Å²) in [6.45, 7) is 0. The fourth-order valence-electron chi connectivity index (χ4n) is 0.684. The molecule has 0 amide bonds. The zero-order chi connectivity index (χ0) is 13.0. The minimum atomic E-state index is -2.24. The Morgan fingerprint density at radius 3 is 0.824 bits per heavy atom. The maximum atomic E-state index is 4.90. The van der Waals surface area contributed by atoms with Crippen LogP contribution in [0.3, 0.4) is 0 Å². The summed E-state index contributed by atoms with van der Waals surface area (Å²) in [5, 5.41) is 0. The number of pyridine rings is 2. The van der Waals surface area contributed by atoms with E-state index in [4.69, 9.17) is 40.4 Å². The molecule has 0 atom stereocenters. The van der Waals surface area contributed by atoms with Crippen molar-refractivity contribution >= 4 is 40.4 Å². The molecule has 0 aliphatic rings. The maximum absolute atomic E-state index is 4.90. The summed E-state index contributed by atoms with van der Waals surface area (Å²) in [7, 11) is 17.4. The van der Waals surface area contributed by atoms with Crippen molar-refractivity contribution in [3.05, 3.63) is 61.2 Å². The van der Waals surface area contributed by atoms with Crippen molar-refractivity contribution in [3.63, 3.8) is 0 Å². The van der Waals surface area contributed by atoms with Crippen molar-refractivity contribution in [3.8, 4) is 0 Å². The fraction of sp³-hybridized carbons (Fsp3) is 0. The molecule has 0 spiro atoms. The third-order valence-electron chi connectivity index (χ3n) is 1.21. The summed E-state index contributed by atoms with van der Waals surface area (Å²) >= 11 is 0. The monoisotopic (exact) mass is 363 g/mol. The van der Waals surface area contributed by atoms with Gasteiger partial charge in [0, 0.05) is 24.3 Å². The van der Waals surface area contributed by atoms with Gasteiger partial charge in [0.05, 0.1) is 0 Å². The Morgan fingerprint density at radius 1 is 0.529 bits per heavy atom. The van der Waals surface area contributed by atoms with E-state index >= 15 is 0 Å². The molecule has 0 radical (unpaired) electrons. The minimum Gasteiger partial charge on any atom is -0.218 e. The number of aromatic nitrogens is 2. The molecule has 0 aliphatic carbocycles. The molecule has 7 heteroatoms. The van der Waals surface area contributed by atoms with Crippen LogP contribution in [0.5, 0.6) is 0 Å². The van der Waals surface area contributed by atoms with Gasteiger partial charge in [-0.1, -0.05) is 12.1 Å². The van der Waals surface area contributed by atoms with Gasteiger partial charge in [0.1, 0.15) is 0 Å². The average Bonchev–Trinajstić information content (AvgIpc) is 2.32. The molecule has 0 fully saturated rings. The molecule has 2 heterocycles. The van der Waals surface area contributed by atoms with Crippen LogP contribution in [-0.2, 0) is 9.20 Å². The first-order valence-corrected chi connectivity index (χ1v) is 9.46. The Kier molecular flexibility index (Phi) is 11.1. The van der Waals surface area contributed by atoms with Gasteiger partial charge in [0.2, 0.25) is 0 Å². The molecule has 0 aromatic carbocycles. The van der Waals surface area contributed by atoms with E-state index in [0.29, 0.717) is 0 Å². The van der Waals surface area contributed by atoms with E-state index in [1.807, 2.05) is 61.2 Å². The van der Waals surface area contributed by atoms with Gasteiger partial charge in [-0.2, -0.15) is 0 Å². The van der Waals surface area contributed by atoms with Gasteiger partial charge in [-0.25, -0.2) is 9.97 Å². The zero-order valence-corrected chi connectivity index (χ0v) is 12.6. The molecule has 0 unspecified atom stereocenters. The smallest absolute Gasteiger partial charge is 0.166 e. The van der Waals surface area contributed by atoms with E-state index < -0.39 is 9.20 Å². The Hall–Kier alpha value is -0.0205. The molecule has 0 bridgehead atoms. The molecule has 2 aromatic rings. The van der Waals surface area contributed by atoms with E-state index in [1.165, 1.54) is 0 Å². The van der Waals surface area contributed by atoms with Crippen LogP contribution in [0.25, 0.3) is 0 Å². The van der Waals surface area contributed by atoms with Crippen LogP contribution >= 0.6 is 40.4 Å². The van der Waals surface area contributed by atoms with Crippen molar-refractivity contribution in [2.24, 2.45) is 0 Å². The van der Waals surface area contributed by atoms with Gasteiger partial charge in [0.15, 0.2) is 24.8 Å². The van der Waals surface area contributed by atoms with Crippen LogP contribution in [0.4, 0.5) is 0 Å². The number of halogens is 4. The van der Waals surface area contributed by atoms with Gasteiger partial charge >= 0.3 is 49.6 Å². The van der Waals surface area contributed by atoms with Crippen LogP contribution < -0.4 is 9.97 Å². The van der Waals surface area contributed by atoms with E-state index in [-0.39, 0.29) is 0 Å². The molecule has 0 saturated heterocycles. The summed E-state index contributed by atoms with van der Waals surface area (Å²) in [4.78, 5) is 5.78. The predicted octanol–water partition coefficient (Wildman–Crippen LogP) is 3.76. The van der Waals surface area contributed by atoms with Gasteiger partial charge < -0.3 is 0 Å². The van der Waals surface area contributed by atoms with Crippen LogP contribution in [0.2, 0.25) is 0 Å². The number of aromatic amines is 2. The van der Waals surface area contributed by atoms with Crippen molar-refractivity contribution in [2.75, 3.05) is 0 Å². The van der Waals surface area contributed by atoms with Crippen LogP contribution in [0, 0.1) is 0 Å². The third-order valence-corrected chi connectivity index (χ3v) is 1.21. The van der Waals surface area contributed by atoms with E-state index in [2.05, 4.69) is 9.97 Å². The standard InChI is InChI=1S/2C5H5N.4ClH.Cu/c2*1-2-4-6-5-3-1;;;;;/h2*1-5H;4*1H;/q;;;;;;+2/p-2. The molecule has 2 rings (SSSR count). The molecule has 101 valence electrons. The number of rotatable bonds is 0. The topological polar surface area (TPSA) is 28.3 Å². The molecule has 2 aromatic heterocycles. The molecular formula is C10H12Cl4CuN2. The Balaban J connectivity index is 0.000000228. The summed E-state index contributed by atoms with van der Waals surface area (Å²) in [6.07, 6.45) is 7.50. The quantitative estimate of drug-likeness (QED) is 0.636. The SMILES string of the molecule is [Cl][Cu-2]([Cl])([Cl])[Cl].c1cc[nH+]cc1.c1cc[nH+]cc1. The van der Waals surface area contributed by atoms with E-state index in [9.17, 15) is 0 Å². The molecule has 2 nitrogen and oxygen atoms in total. The number of hydrogen-bond acceptors (Lipinski definition) is 0. The Bertz CT molecular complexity index is 265. The van der Waals surface area contributed by atoms with Crippen LogP contribution in [-0.4, -0.2) is 0 Å². The first kappa shape index (κ1) is 17.0. The number of H-pyrrole nitrogens is 2. The second-order valence-electron chi connectivity index (χ2n) is 2.41. The summed E-state index contributed by atoms with van der Waals surface area (Å²) in [5.41, 5.74) is 0. The number of nitrogens with one attached hydrogen (secondary N) is 2. The summed E-state index contributed by atoms with van der Waals surface area (Å²) in [5.74, 6) is 0. The predicted molar refractivity (Wildman–Crippen MR) is 69.4 cm³/mol. The Labute approximate surface area is 120 Å². The van der Waals surface area contributed by atoms with Gasteiger partial charge in [-0.05, 0) is 0 Å². The molecular weight excluding hydrogens is 353 g/mol. The fourth-order valence-corrected chi connectivity index (χ4v) is 0.684. The Morgan fingerprint density at radius 2 is 0.765 bits per heavy atom. The largest absolute Gasteiger partial charge is 0.218 e. The van der Waals surface area contributed by atoms with Gasteiger partial charge in [-0.3, -0.25) is 0 Å². The maximum Gasteiger partial charge on any atom is 0.166 e. The first-order chi connectivity index (χ1) is 8.00. The number of hydrogen-bond donors (Lipinski definition) is 0. The molecule has 2 N–H and O–H groups in total. The third kappa shape index (κ3) is 21.8. The summed E-state index contributed by atoms with van der Waals surface area (Å²) in [6, 6.07) is 11.7. The normalized spacial score (nSPS) is 10.1. The second-order valence-corrected chi connectivity index (χ2v) is 11.7. The van der Waals surface area contributed by atoms with Crippen molar-refractivity contribution in [1.82, 2.24) is 0 Å². The molecule has 0 saturated carbocycles. The van der Waals surface area contributed by atoms with Crippen LogP contribution in [0.1, 0.15) is 0 Å². The van der Waals surface area contributed by atoms with E-state index in [1.54, 1.807) is 0 Å². The van der Waals surface area contributed by atoms with Crippen LogP contribution in [0.15, 0.2) is 61.2 Å². The first-order valence-electron chi connectivity index (χ1n) is 4.28. The molecule has 17 heavy (non-hydrogen) atoms. The minimum absolute atomic E-state index is 1.88. The van der Waals surface area contributed by atoms with E-state index in [0.717, 1.165) is 0 Å². The van der Waals surface area contributed by atoms with Crippen molar-refractivity contribution in [2.45, 2.75) is 0 Å². The van der Waals surface area contributed by atoms with Gasteiger partial charge in [-0.15, -0.1) is 0 Å². The molecule has 0 aliphatic heterocycles. The second kappa shape index (κ2) is 11.1. The van der Waals surface area contributed by atoms with Gasteiger partial charge in [0.25, 0.3) is 0 Å². The summed E-state index contributed by atoms with van der Waals surface area (Å²) < 4.78 is 0. The van der Waals surface area contributed by atoms with Crippen molar-refractivity contribution < 1.29 is 19.2 Å².